The molecule has 0 radical (unpaired) electrons. The predicted octanol–water partition coefficient (Wildman–Crippen LogP) is 0.771. The van der Waals surface area contributed by atoms with Gasteiger partial charge in [-0.2, -0.15) is 5.10 Å². The molecule has 0 spiro atoms. The standard InChI is InChI=1S/C14H22N4O3S2/c1-11(16-17-14(22)15-9-10-21-4)12-5-7-13(8-6-12)23(19,20)18(2)3/h5-8H,9-10H2,1-4H3,(H2,15,17,22)/b16-11-. The van der Waals surface area contributed by atoms with Crippen molar-refractivity contribution in [2.45, 2.75) is 11.8 Å². The zero-order valence-corrected chi connectivity index (χ0v) is 15.3. The van der Waals surface area contributed by atoms with Gasteiger partial charge in [0, 0.05) is 27.7 Å². The molecule has 2 N–H and O–H groups in total. The Morgan fingerprint density at radius 2 is 1.91 bits per heavy atom. The fraction of sp³-hybridized carbons (Fsp3) is 0.429. The van der Waals surface area contributed by atoms with Gasteiger partial charge in [0.05, 0.1) is 17.2 Å². The highest BCUT2D eigenvalue weighted by Gasteiger charge is 2.16. The van der Waals surface area contributed by atoms with Gasteiger partial charge < -0.3 is 10.1 Å². The summed E-state index contributed by atoms with van der Waals surface area (Å²) in [5.74, 6) is 0. The number of ether oxygens (including phenoxy) is 1. The monoisotopic (exact) mass is 358 g/mol. The Hall–Kier alpha value is -1.55. The van der Waals surface area contributed by atoms with Crippen LogP contribution in [0.4, 0.5) is 0 Å². The Morgan fingerprint density at radius 1 is 1.30 bits per heavy atom. The molecule has 1 aromatic carbocycles. The van der Waals surface area contributed by atoms with Crippen LogP contribution in [0.2, 0.25) is 0 Å². The summed E-state index contributed by atoms with van der Waals surface area (Å²) in [4.78, 5) is 0.240. The van der Waals surface area contributed by atoms with Crippen LogP contribution in [0.5, 0.6) is 0 Å². The lowest BCUT2D eigenvalue weighted by atomic mass is 10.1. The van der Waals surface area contributed by atoms with Crippen LogP contribution in [0, 0.1) is 0 Å². The fourth-order valence-electron chi connectivity index (χ4n) is 1.58. The minimum absolute atomic E-state index is 0.240. The lowest BCUT2D eigenvalue weighted by Gasteiger charge is -2.11. The fourth-order valence-corrected chi connectivity index (χ4v) is 2.63. The predicted molar refractivity (Wildman–Crippen MR) is 95.1 cm³/mol. The molecule has 0 saturated heterocycles. The molecule has 0 saturated carbocycles. The van der Waals surface area contributed by atoms with Gasteiger partial charge in [-0.3, -0.25) is 5.43 Å². The first-order chi connectivity index (χ1) is 10.8. The maximum absolute atomic E-state index is 12.0. The number of nitrogens with zero attached hydrogens (tertiary/aromatic N) is 2. The van der Waals surface area contributed by atoms with Gasteiger partial charge in [-0.1, -0.05) is 12.1 Å². The SMILES string of the molecule is COCCNC(=S)N/N=C(/C)c1ccc(S(=O)(=O)N(C)C)cc1. The molecule has 0 aliphatic heterocycles. The smallest absolute Gasteiger partial charge is 0.242 e. The maximum atomic E-state index is 12.0. The minimum atomic E-state index is -3.42. The quantitative estimate of drug-likeness (QED) is 0.324. The topological polar surface area (TPSA) is 83.0 Å². The van der Waals surface area contributed by atoms with Crippen LogP contribution in [0.25, 0.3) is 0 Å². The third kappa shape index (κ3) is 5.87. The third-order valence-electron chi connectivity index (χ3n) is 2.97. The van der Waals surface area contributed by atoms with Gasteiger partial charge in [0.15, 0.2) is 5.11 Å². The van der Waals surface area contributed by atoms with Crippen molar-refractivity contribution in [3.63, 3.8) is 0 Å². The number of hydrogen-bond donors (Lipinski definition) is 2. The van der Waals surface area contributed by atoms with Crippen molar-refractivity contribution in [2.24, 2.45) is 5.10 Å². The minimum Gasteiger partial charge on any atom is -0.383 e. The van der Waals surface area contributed by atoms with Crippen LogP contribution in [0.1, 0.15) is 12.5 Å². The molecule has 1 aromatic rings. The molecule has 0 atom stereocenters. The summed E-state index contributed by atoms with van der Waals surface area (Å²) in [5.41, 5.74) is 4.22. The van der Waals surface area contributed by atoms with Gasteiger partial charge in [0.2, 0.25) is 10.0 Å². The summed E-state index contributed by atoms with van der Waals surface area (Å²) < 4.78 is 30.1. The number of nitrogens with one attached hydrogen (secondary N) is 2. The molecular weight excluding hydrogens is 336 g/mol. The van der Waals surface area contributed by atoms with E-state index in [-0.39, 0.29) is 4.90 Å². The summed E-state index contributed by atoms with van der Waals surface area (Å²) in [7, 11) is 1.18. The molecule has 0 amide bonds. The van der Waals surface area contributed by atoms with Gasteiger partial charge in [-0.25, -0.2) is 12.7 Å². The first-order valence-corrected chi connectivity index (χ1v) is 8.74. The molecule has 9 heteroatoms. The molecule has 0 bridgehead atoms. The Balaban J connectivity index is 2.72. The molecule has 0 aliphatic carbocycles. The molecule has 0 fully saturated rings. The van der Waals surface area contributed by atoms with E-state index < -0.39 is 10.0 Å². The molecular formula is C14H22N4O3S2. The van der Waals surface area contributed by atoms with E-state index in [0.717, 1.165) is 5.56 Å². The Labute approximate surface area is 142 Å². The molecule has 7 nitrogen and oxygen atoms in total. The van der Waals surface area contributed by atoms with Gasteiger partial charge in [-0.15, -0.1) is 0 Å². The lowest BCUT2D eigenvalue weighted by molar-refractivity contribution is 0.204. The zero-order chi connectivity index (χ0) is 17.5. The Bertz CT molecular complexity index is 655. The number of hydrazone groups is 1. The van der Waals surface area contributed by atoms with Gasteiger partial charge in [0.1, 0.15) is 0 Å². The van der Waals surface area contributed by atoms with Crippen LogP contribution in [0.3, 0.4) is 0 Å². The van der Waals surface area contributed by atoms with Crippen molar-refractivity contribution in [3.05, 3.63) is 29.8 Å². The van der Waals surface area contributed by atoms with Crippen molar-refractivity contribution in [2.75, 3.05) is 34.4 Å². The first kappa shape index (κ1) is 19.5. The number of rotatable bonds is 7. The molecule has 0 aromatic heterocycles. The Morgan fingerprint density at radius 3 is 2.43 bits per heavy atom. The largest absolute Gasteiger partial charge is 0.383 e. The highest BCUT2D eigenvalue weighted by molar-refractivity contribution is 7.89. The number of sulfonamides is 1. The van der Waals surface area contributed by atoms with Crippen molar-refractivity contribution in [3.8, 4) is 0 Å². The number of methoxy groups -OCH3 is 1. The molecule has 0 heterocycles. The Kier molecular flexibility index (Phi) is 7.56. The van der Waals surface area contributed by atoms with Crippen LogP contribution in [0.15, 0.2) is 34.3 Å². The summed E-state index contributed by atoms with van der Waals surface area (Å²) in [6.45, 7) is 2.94. The zero-order valence-electron chi connectivity index (χ0n) is 13.7. The second kappa shape index (κ2) is 8.92. The second-order valence-electron chi connectivity index (χ2n) is 4.87. The summed E-state index contributed by atoms with van der Waals surface area (Å²) in [5, 5.41) is 7.49. The van der Waals surface area contributed by atoms with Crippen LogP contribution in [-0.2, 0) is 14.8 Å². The van der Waals surface area contributed by atoms with Crippen molar-refractivity contribution >= 4 is 33.1 Å². The van der Waals surface area contributed by atoms with E-state index in [1.165, 1.54) is 18.4 Å². The average molecular weight is 358 g/mol. The summed E-state index contributed by atoms with van der Waals surface area (Å²) in [6.07, 6.45) is 0. The summed E-state index contributed by atoms with van der Waals surface area (Å²) >= 11 is 5.06. The van der Waals surface area contributed by atoms with Gasteiger partial charge in [-0.05, 0) is 36.8 Å². The highest BCUT2D eigenvalue weighted by Crippen LogP contribution is 2.14. The first-order valence-electron chi connectivity index (χ1n) is 6.89. The number of hydrogen-bond acceptors (Lipinski definition) is 5. The average Bonchev–Trinajstić information content (AvgIpc) is 2.52. The van der Waals surface area contributed by atoms with E-state index in [9.17, 15) is 8.42 Å². The number of benzene rings is 1. The molecule has 23 heavy (non-hydrogen) atoms. The van der Waals surface area contributed by atoms with E-state index in [1.807, 2.05) is 0 Å². The molecule has 0 unspecified atom stereocenters. The molecule has 1 rings (SSSR count). The van der Waals surface area contributed by atoms with E-state index in [4.69, 9.17) is 17.0 Å². The highest BCUT2D eigenvalue weighted by atomic mass is 32.2. The molecule has 128 valence electrons. The van der Waals surface area contributed by atoms with E-state index >= 15 is 0 Å². The van der Waals surface area contributed by atoms with Crippen molar-refractivity contribution in [1.82, 2.24) is 15.0 Å². The third-order valence-corrected chi connectivity index (χ3v) is 5.03. The van der Waals surface area contributed by atoms with Crippen molar-refractivity contribution < 1.29 is 13.2 Å². The van der Waals surface area contributed by atoms with Gasteiger partial charge >= 0.3 is 0 Å². The second-order valence-corrected chi connectivity index (χ2v) is 7.43. The van der Waals surface area contributed by atoms with Crippen LogP contribution in [-0.4, -0.2) is 57.9 Å². The molecule has 0 aliphatic rings. The van der Waals surface area contributed by atoms with E-state index in [0.29, 0.717) is 24.0 Å². The normalized spacial score (nSPS) is 12.3. The summed E-state index contributed by atoms with van der Waals surface area (Å²) in [6, 6.07) is 6.52. The van der Waals surface area contributed by atoms with Crippen LogP contribution >= 0.6 is 12.2 Å². The van der Waals surface area contributed by atoms with E-state index in [2.05, 4.69) is 15.8 Å². The lowest BCUT2D eigenvalue weighted by Crippen LogP contribution is -2.34. The van der Waals surface area contributed by atoms with Gasteiger partial charge in [0.25, 0.3) is 0 Å². The van der Waals surface area contributed by atoms with Crippen LogP contribution < -0.4 is 10.7 Å². The van der Waals surface area contributed by atoms with E-state index in [1.54, 1.807) is 38.3 Å². The number of thiocarbonyl (C=S) groups is 1. The maximum Gasteiger partial charge on any atom is 0.242 e. The van der Waals surface area contributed by atoms with Crippen molar-refractivity contribution in [1.29, 1.82) is 0 Å².